The first-order chi connectivity index (χ1) is 13.4. The SMILES string of the molecule is CCC(CC)C(=O)N1CC[C@@](C)(O)[C@@H](NC(=O)C2CCCC2)[C@@H]1c1cccs1. The first-order valence-corrected chi connectivity index (χ1v) is 11.6. The van der Waals surface area contributed by atoms with Gasteiger partial charge in [-0.2, -0.15) is 0 Å². The molecular weight excluding hydrogens is 372 g/mol. The molecule has 0 aromatic carbocycles. The average Bonchev–Trinajstić information content (AvgIpc) is 3.37. The molecule has 2 amide bonds. The molecule has 28 heavy (non-hydrogen) atoms. The number of carbonyl (C=O) groups excluding carboxylic acids is 2. The van der Waals surface area contributed by atoms with Crippen LogP contribution in [-0.2, 0) is 9.59 Å². The molecule has 1 aromatic heterocycles. The number of piperidine rings is 1. The van der Waals surface area contributed by atoms with Gasteiger partial charge in [0.15, 0.2) is 0 Å². The molecule has 0 radical (unpaired) electrons. The number of nitrogens with one attached hydrogen (secondary N) is 1. The molecule has 1 aliphatic heterocycles. The van der Waals surface area contributed by atoms with Crippen molar-refractivity contribution in [2.45, 2.75) is 83.4 Å². The van der Waals surface area contributed by atoms with Gasteiger partial charge in [0, 0.05) is 23.3 Å². The number of nitrogens with zero attached hydrogens (tertiary/aromatic N) is 1. The molecule has 2 fully saturated rings. The fraction of sp³-hybridized carbons (Fsp3) is 0.727. The predicted molar refractivity (Wildman–Crippen MR) is 112 cm³/mol. The van der Waals surface area contributed by atoms with Crippen LogP contribution in [0.3, 0.4) is 0 Å². The number of likely N-dealkylation sites (tertiary alicyclic amines) is 1. The number of thiophene rings is 1. The Bertz CT molecular complexity index is 663. The van der Waals surface area contributed by atoms with Gasteiger partial charge in [-0.15, -0.1) is 11.3 Å². The maximum Gasteiger partial charge on any atom is 0.226 e. The number of rotatable bonds is 6. The Balaban J connectivity index is 1.92. The topological polar surface area (TPSA) is 69.6 Å². The van der Waals surface area contributed by atoms with Crippen molar-refractivity contribution >= 4 is 23.2 Å². The van der Waals surface area contributed by atoms with Crippen molar-refractivity contribution < 1.29 is 14.7 Å². The Morgan fingerprint density at radius 1 is 1.32 bits per heavy atom. The van der Waals surface area contributed by atoms with Gasteiger partial charge in [-0.1, -0.05) is 32.8 Å². The zero-order valence-electron chi connectivity index (χ0n) is 17.3. The van der Waals surface area contributed by atoms with Crippen LogP contribution in [0.5, 0.6) is 0 Å². The van der Waals surface area contributed by atoms with Gasteiger partial charge in [0.25, 0.3) is 0 Å². The van der Waals surface area contributed by atoms with E-state index in [1.54, 1.807) is 18.3 Å². The number of aliphatic hydroxyl groups is 1. The Kier molecular flexibility index (Phi) is 6.81. The monoisotopic (exact) mass is 406 g/mol. The molecule has 2 aliphatic rings. The van der Waals surface area contributed by atoms with Crippen LogP contribution in [0.4, 0.5) is 0 Å². The first kappa shape index (κ1) is 21.3. The van der Waals surface area contributed by atoms with E-state index in [1.165, 1.54) is 0 Å². The van der Waals surface area contributed by atoms with Gasteiger partial charge in [0.05, 0.1) is 17.7 Å². The Hall–Kier alpha value is -1.40. The third-order valence-corrected chi connectivity index (χ3v) is 7.60. The smallest absolute Gasteiger partial charge is 0.226 e. The summed E-state index contributed by atoms with van der Waals surface area (Å²) in [5, 5.41) is 16.4. The Morgan fingerprint density at radius 3 is 2.57 bits per heavy atom. The summed E-state index contributed by atoms with van der Waals surface area (Å²) in [6.07, 6.45) is 6.09. The Morgan fingerprint density at radius 2 is 2.00 bits per heavy atom. The fourth-order valence-electron chi connectivity index (χ4n) is 4.75. The van der Waals surface area contributed by atoms with Crippen molar-refractivity contribution in [2.24, 2.45) is 11.8 Å². The highest BCUT2D eigenvalue weighted by Gasteiger charge is 2.49. The summed E-state index contributed by atoms with van der Waals surface area (Å²) >= 11 is 1.59. The highest BCUT2D eigenvalue weighted by Crippen LogP contribution is 2.40. The zero-order valence-corrected chi connectivity index (χ0v) is 18.1. The predicted octanol–water partition coefficient (Wildman–Crippen LogP) is 3.88. The largest absolute Gasteiger partial charge is 0.388 e. The third kappa shape index (κ3) is 4.28. The minimum Gasteiger partial charge on any atom is -0.388 e. The molecular formula is C22H34N2O3S. The van der Waals surface area contributed by atoms with E-state index < -0.39 is 11.6 Å². The van der Waals surface area contributed by atoms with E-state index in [-0.39, 0.29) is 29.7 Å². The number of hydrogen-bond donors (Lipinski definition) is 2. The molecule has 1 aliphatic carbocycles. The first-order valence-electron chi connectivity index (χ1n) is 10.8. The van der Waals surface area contributed by atoms with Gasteiger partial charge in [0.2, 0.25) is 11.8 Å². The summed E-state index contributed by atoms with van der Waals surface area (Å²) in [4.78, 5) is 29.2. The summed E-state index contributed by atoms with van der Waals surface area (Å²) in [6.45, 7) is 6.41. The molecule has 5 nitrogen and oxygen atoms in total. The molecule has 3 rings (SSSR count). The summed E-state index contributed by atoms with van der Waals surface area (Å²) in [7, 11) is 0. The number of amides is 2. The van der Waals surface area contributed by atoms with Crippen LogP contribution in [0.25, 0.3) is 0 Å². The van der Waals surface area contributed by atoms with E-state index >= 15 is 0 Å². The summed E-state index contributed by atoms with van der Waals surface area (Å²) in [6, 6.07) is 3.17. The van der Waals surface area contributed by atoms with Crippen LogP contribution < -0.4 is 5.32 Å². The lowest BCUT2D eigenvalue weighted by Gasteiger charge is -2.49. The maximum atomic E-state index is 13.3. The average molecular weight is 407 g/mol. The lowest BCUT2D eigenvalue weighted by molar-refractivity contribution is -0.150. The van der Waals surface area contributed by atoms with E-state index in [4.69, 9.17) is 0 Å². The lowest BCUT2D eigenvalue weighted by Crippen LogP contribution is -2.64. The molecule has 1 saturated carbocycles. The third-order valence-electron chi connectivity index (χ3n) is 6.66. The van der Waals surface area contributed by atoms with Crippen LogP contribution in [0.1, 0.15) is 76.6 Å². The molecule has 2 heterocycles. The van der Waals surface area contributed by atoms with E-state index in [0.717, 1.165) is 43.4 Å². The van der Waals surface area contributed by atoms with E-state index in [0.29, 0.717) is 13.0 Å². The number of hydrogen-bond acceptors (Lipinski definition) is 4. The highest BCUT2D eigenvalue weighted by atomic mass is 32.1. The van der Waals surface area contributed by atoms with E-state index in [9.17, 15) is 14.7 Å². The minimum absolute atomic E-state index is 0.0169. The molecule has 0 bridgehead atoms. The lowest BCUT2D eigenvalue weighted by atomic mass is 9.80. The van der Waals surface area contributed by atoms with Crippen molar-refractivity contribution in [3.63, 3.8) is 0 Å². The van der Waals surface area contributed by atoms with Gasteiger partial charge in [-0.25, -0.2) is 0 Å². The van der Waals surface area contributed by atoms with Crippen molar-refractivity contribution in [1.29, 1.82) is 0 Å². The van der Waals surface area contributed by atoms with Crippen molar-refractivity contribution in [3.05, 3.63) is 22.4 Å². The maximum absolute atomic E-state index is 13.3. The van der Waals surface area contributed by atoms with Gasteiger partial charge < -0.3 is 15.3 Å². The van der Waals surface area contributed by atoms with Crippen molar-refractivity contribution in [2.75, 3.05) is 6.54 Å². The zero-order chi connectivity index (χ0) is 20.3. The van der Waals surface area contributed by atoms with Gasteiger partial charge >= 0.3 is 0 Å². The molecule has 2 N–H and O–H groups in total. The second kappa shape index (κ2) is 8.95. The van der Waals surface area contributed by atoms with Crippen LogP contribution in [0.2, 0.25) is 0 Å². The van der Waals surface area contributed by atoms with Crippen LogP contribution in [0.15, 0.2) is 17.5 Å². The summed E-state index contributed by atoms with van der Waals surface area (Å²) in [5.74, 6) is 0.182. The summed E-state index contributed by atoms with van der Waals surface area (Å²) < 4.78 is 0. The number of carbonyl (C=O) groups is 2. The van der Waals surface area contributed by atoms with E-state index in [2.05, 4.69) is 5.32 Å². The van der Waals surface area contributed by atoms with Crippen LogP contribution >= 0.6 is 11.3 Å². The van der Waals surface area contributed by atoms with Crippen molar-refractivity contribution in [1.82, 2.24) is 10.2 Å². The molecule has 0 unspecified atom stereocenters. The molecule has 0 spiro atoms. The normalized spacial score (nSPS) is 28.7. The van der Waals surface area contributed by atoms with Crippen molar-refractivity contribution in [3.8, 4) is 0 Å². The quantitative estimate of drug-likeness (QED) is 0.753. The van der Waals surface area contributed by atoms with Gasteiger partial charge in [-0.3, -0.25) is 9.59 Å². The van der Waals surface area contributed by atoms with E-state index in [1.807, 2.05) is 36.3 Å². The van der Waals surface area contributed by atoms with Gasteiger partial charge in [-0.05, 0) is 50.5 Å². The second-order valence-electron chi connectivity index (χ2n) is 8.58. The van der Waals surface area contributed by atoms with Crippen LogP contribution in [0, 0.1) is 11.8 Å². The fourth-order valence-corrected chi connectivity index (χ4v) is 5.63. The molecule has 1 saturated heterocycles. The summed E-state index contributed by atoms with van der Waals surface area (Å²) in [5.41, 5.74) is -1.05. The second-order valence-corrected chi connectivity index (χ2v) is 9.56. The molecule has 3 atom stereocenters. The standard InChI is InChI=1S/C22H34N2O3S/c1-4-15(5-2)21(26)24-13-12-22(3,27)19(18(24)17-11-8-14-28-17)23-20(25)16-9-6-7-10-16/h8,11,14-16,18-19,27H,4-7,9-10,12-13H2,1-3H3,(H,23,25)/t18-,19-,22+/m0/s1. The Labute approximate surface area is 172 Å². The van der Waals surface area contributed by atoms with Gasteiger partial charge in [0.1, 0.15) is 0 Å². The van der Waals surface area contributed by atoms with Crippen LogP contribution in [-0.4, -0.2) is 40.0 Å². The highest BCUT2D eigenvalue weighted by molar-refractivity contribution is 7.10. The molecule has 6 heteroatoms. The molecule has 1 aromatic rings. The minimum atomic E-state index is -1.05. The molecule has 156 valence electrons.